The van der Waals surface area contributed by atoms with Crippen LogP contribution in [0.2, 0.25) is 0 Å². The Morgan fingerprint density at radius 1 is 1.53 bits per heavy atom. The number of carbonyl (C=O) groups excluding carboxylic acids is 1. The number of hydrazone groups is 1. The second kappa shape index (κ2) is 4.65. The third kappa shape index (κ3) is 1.94. The van der Waals surface area contributed by atoms with Gasteiger partial charge in [0.05, 0.1) is 12.3 Å². The van der Waals surface area contributed by atoms with Gasteiger partial charge in [-0.25, -0.2) is 5.01 Å². The smallest absolute Gasteiger partial charge is 0.137 e. The van der Waals surface area contributed by atoms with E-state index in [9.17, 15) is 4.79 Å². The van der Waals surface area contributed by atoms with E-state index < -0.39 is 11.6 Å². The highest BCUT2D eigenvalue weighted by Gasteiger charge is 2.44. The molecule has 0 spiro atoms. The first-order valence-electron chi connectivity index (χ1n) is 5.34. The standard InChI is InChI=1S/C12H15N3O2/c1-17-9-12(8-16)7-14-15(11(12)13)10-5-3-2-4-6-10/h2-8,11H,9,13H2,1H3. The molecule has 0 amide bonds. The summed E-state index contributed by atoms with van der Waals surface area (Å²) < 4.78 is 5.05. The van der Waals surface area contributed by atoms with Gasteiger partial charge in [-0.05, 0) is 12.1 Å². The summed E-state index contributed by atoms with van der Waals surface area (Å²) >= 11 is 0. The van der Waals surface area contributed by atoms with Crippen molar-refractivity contribution in [1.82, 2.24) is 0 Å². The van der Waals surface area contributed by atoms with Crippen LogP contribution < -0.4 is 10.7 Å². The summed E-state index contributed by atoms with van der Waals surface area (Å²) in [5.41, 5.74) is 6.06. The van der Waals surface area contributed by atoms with Crippen molar-refractivity contribution in [3.05, 3.63) is 30.3 Å². The summed E-state index contributed by atoms with van der Waals surface area (Å²) in [7, 11) is 1.54. The predicted octanol–water partition coefficient (Wildman–Crippen LogP) is 0.609. The molecule has 2 N–H and O–H groups in total. The van der Waals surface area contributed by atoms with Crippen LogP contribution in [-0.2, 0) is 9.53 Å². The molecule has 0 fully saturated rings. The van der Waals surface area contributed by atoms with Gasteiger partial charge in [0.25, 0.3) is 0 Å². The summed E-state index contributed by atoms with van der Waals surface area (Å²) in [5.74, 6) is 0. The number of hydrogen-bond acceptors (Lipinski definition) is 5. The molecule has 1 aliphatic rings. The molecule has 1 aliphatic heterocycles. The summed E-state index contributed by atoms with van der Waals surface area (Å²) in [4.78, 5) is 11.2. The van der Waals surface area contributed by atoms with E-state index in [0.717, 1.165) is 12.0 Å². The molecular weight excluding hydrogens is 218 g/mol. The molecular formula is C12H15N3O2. The molecule has 1 aromatic carbocycles. The van der Waals surface area contributed by atoms with Crippen LogP contribution in [0.5, 0.6) is 0 Å². The number of hydrogen-bond donors (Lipinski definition) is 1. The van der Waals surface area contributed by atoms with Crippen molar-refractivity contribution in [2.75, 3.05) is 18.7 Å². The Hall–Kier alpha value is -1.72. The Bertz CT molecular complexity index is 421. The predicted molar refractivity (Wildman–Crippen MR) is 65.8 cm³/mol. The van der Waals surface area contributed by atoms with E-state index in [1.807, 2.05) is 30.3 Å². The Balaban J connectivity index is 2.26. The molecule has 0 aromatic heterocycles. The van der Waals surface area contributed by atoms with Crippen LogP contribution in [0.1, 0.15) is 0 Å². The van der Waals surface area contributed by atoms with Gasteiger partial charge in [-0.2, -0.15) is 5.10 Å². The Morgan fingerprint density at radius 2 is 2.24 bits per heavy atom. The van der Waals surface area contributed by atoms with Crippen molar-refractivity contribution in [3.63, 3.8) is 0 Å². The number of methoxy groups -OCH3 is 1. The van der Waals surface area contributed by atoms with Crippen LogP contribution in [-0.4, -0.2) is 32.4 Å². The van der Waals surface area contributed by atoms with E-state index in [1.54, 1.807) is 11.2 Å². The van der Waals surface area contributed by atoms with Crippen molar-refractivity contribution in [3.8, 4) is 0 Å². The van der Waals surface area contributed by atoms with E-state index in [4.69, 9.17) is 10.5 Å². The van der Waals surface area contributed by atoms with Crippen LogP contribution in [0.4, 0.5) is 5.69 Å². The van der Waals surface area contributed by atoms with Gasteiger partial charge in [-0.15, -0.1) is 0 Å². The zero-order chi connectivity index (χ0) is 12.3. The minimum absolute atomic E-state index is 0.227. The number of nitrogens with two attached hydrogens (primary N) is 1. The summed E-state index contributed by atoms with van der Waals surface area (Å²) in [6.45, 7) is 0.227. The highest BCUT2D eigenvalue weighted by atomic mass is 16.5. The largest absolute Gasteiger partial charge is 0.383 e. The van der Waals surface area contributed by atoms with E-state index in [-0.39, 0.29) is 6.61 Å². The van der Waals surface area contributed by atoms with E-state index in [0.29, 0.717) is 0 Å². The lowest BCUT2D eigenvalue weighted by atomic mass is 9.89. The molecule has 0 saturated heterocycles. The van der Waals surface area contributed by atoms with Crippen LogP contribution in [0.15, 0.2) is 35.4 Å². The molecule has 0 aliphatic carbocycles. The SMILES string of the molecule is COCC1(C=O)C=NN(c2ccccc2)C1N. The molecule has 5 nitrogen and oxygen atoms in total. The molecule has 5 heteroatoms. The van der Waals surface area contributed by atoms with Gasteiger partial charge < -0.3 is 15.3 Å². The molecule has 17 heavy (non-hydrogen) atoms. The van der Waals surface area contributed by atoms with Crippen LogP contribution in [0, 0.1) is 5.41 Å². The molecule has 2 rings (SSSR count). The lowest BCUT2D eigenvalue weighted by molar-refractivity contribution is -0.115. The third-order valence-corrected chi connectivity index (χ3v) is 2.87. The Labute approximate surface area is 99.9 Å². The average Bonchev–Trinajstić information content (AvgIpc) is 2.69. The first-order valence-corrected chi connectivity index (χ1v) is 5.34. The number of anilines is 1. The van der Waals surface area contributed by atoms with Gasteiger partial charge in [0.2, 0.25) is 0 Å². The molecule has 2 atom stereocenters. The van der Waals surface area contributed by atoms with Gasteiger partial charge in [0.15, 0.2) is 0 Å². The number of rotatable bonds is 4. The monoisotopic (exact) mass is 233 g/mol. The van der Waals surface area contributed by atoms with Gasteiger partial charge >= 0.3 is 0 Å². The van der Waals surface area contributed by atoms with Crippen molar-refractivity contribution in [1.29, 1.82) is 0 Å². The molecule has 0 bridgehead atoms. The van der Waals surface area contributed by atoms with Crippen molar-refractivity contribution >= 4 is 18.2 Å². The number of carbonyl (C=O) groups is 1. The van der Waals surface area contributed by atoms with Crippen molar-refractivity contribution < 1.29 is 9.53 Å². The quantitative estimate of drug-likeness (QED) is 0.774. The van der Waals surface area contributed by atoms with Crippen LogP contribution in [0.3, 0.4) is 0 Å². The zero-order valence-corrected chi connectivity index (χ0v) is 9.61. The number of aldehydes is 1. The second-order valence-electron chi connectivity index (χ2n) is 4.03. The number of para-hydroxylation sites is 1. The lowest BCUT2D eigenvalue weighted by Crippen LogP contribution is -2.51. The van der Waals surface area contributed by atoms with Crippen LogP contribution in [0.25, 0.3) is 0 Å². The maximum atomic E-state index is 11.2. The Kier molecular flexibility index (Phi) is 3.21. The summed E-state index contributed by atoms with van der Waals surface area (Å²) in [5, 5.41) is 5.83. The van der Waals surface area contributed by atoms with E-state index >= 15 is 0 Å². The zero-order valence-electron chi connectivity index (χ0n) is 9.61. The minimum atomic E-state index is -0.870. The third-order valence-electron chi connectivity index (χ3n) is 2.87. The molecule has 90 valence electrons. The molecule has 2 unspecified atom stereocenters. The van der Waals surface area contributed by atoms with E-state index in [2.05, 4.69) is 5.10 Å². The van der Waals surface area contributed by atoms with Crippen molar-refractivity contribution in [2.24, 2.45) is 16.3 Å². The lowest BCUT2D eigenvalue weighted by Gasteiger charge is -2.29. The van der Waals surface area contributed by atoms with Crippen molar-refractivity contribution in [2.45, 2.75) is 6.17 Å². The molecule has 1 heterocycles. The highest BCUT2D eigenvalue weighted by molar-refractivity contribution is 5.91. The normalized spacial score (nSPS) is 27.4. The van der Waals surface area contributed by atoms with Gasteiger partial charge in [0.1, 0.15) is 17.9 Å². The van der Waals surface area contributed by atoms with Gasteiger partial charge in [-0.3, -0.25) is 0 Å². The number of ether oxygens (including phenoxy) is 1. The summed E-state index contributed by atoms with van der Waals surface area (Å²) in [6.07, 6.45) is 1.82. The highest BCUT2D eigenvalue weighted by Crippen LogP contribution is 2.29. The topological polar surface area (TPSA) is 67.9 Å². The molecule has 0 radical (unpaired) electrons. The minimum Gasteiger partial charge on any atom is -0.383 e. The second-order valence-corrected chi connectivity index (χ2v) is 4.03. The van der Waals surface area contributed by atoms with E-state index in [1.165, 1.54) is 7.11 Å². The maximum absolute atomic E-state index is 11.2. The number of nitrogens with zero attached hydrogens (tertiary/aromatic N) is 2. The first kappa shape index (κ1) is 11.8. The molecule has 1 aromatic rings. The number of benzene rings is 1. The van der Waals surface area contributed by atoms with Crippen LogP contribution >= 0.6 is 0 Å². The fourth-order valence-electron chi connectivity index (χ4n) is 1.86. The fraction of sp³-hybridized carbons (Fsp3) is 0.333. The average molecular weight is 233 g/mol. The Morgan fingerprint density at radius 3 is 2.82 bits per heavy atom. The molecule has 0 saturated carbocycles. The first-order chi connectivity index (χ1) is 8.23. The van der Waals surface area contributed by atoms with Gasteiger partial charge in [0, 0.05) is 13.3 Å². The maximum Gasteiger partial charge on any atom is 0.137 e. The van der Waals surface area contributed by atoms with Gasteiger partial charge in [-0.1, -0.05) is 18.2 Å². The fourth-order valence-corrected chi connectivity index (χ4v) is 1.86. The summed E-state index contributed by atoms with van der Waals surface area (Å²) in [6, 6.07) is 9.50.